The first-order chi connectivity index (χ1) is 10.9. The average Bonchev–Trinajstić information content (AvgIpc) is 2.51. The lowest BCUT2D eigenvalue weighted by molar-refractivity contribution is -0.137. The summed E-state index contributed by atoms with van der Waals surface area (Å²) in [5.41, 5.74) is 0.971. The standard InChI is InChI=1S/C17H24N2O4/c1-19(2)17(23)14(12-13-8-4-3-5-9-13)18-15(20)10-6-7-11-16(21)22/h3-5,8-9,14H,6-7,10-12H2,1-2H3,(H,18,20)(H,21,22). The molecule has 0 aliphatic rings. The Labute approximate surface area is 136 Å². The minimum atomic E-state index is -0.866. The number of hydrogen-bond acceptors (Lipinski definition) is 3. The van der Waals surface area contributed by atoms with Crippen molar-refractivity contribution >= 4 is 17.8 Å². The van der Waals surface area contributed by atoms with Gasteiger partial charge in [0.15, 0.2) is 0 Å². The minimum Gasteiger partial charge on any atom is -0.481 e. The van der Waals surface area contributed by atoms with E-state index in [-0.39, 0.29) is 24.7 Å². The van der Waals surface area contributed by atoms with E-state index in [1.54, 1.807) is 14.1 Å². The molecule has 0 fully saturated rings. The molecule has 6 heteroatoms. The number of benzene rings is 1. The number of carboxylic acid groups (broad SMARTS) is 1. The molecule has 2 amide bonds. The van der Waals surface area contributed by atoms with E-state index in [1.807, 2.05) is 30.3 Å². The number of carboxylic acids is 1. The van der Waals surface area contributed by atoms with Crippen LogP contribution in [0.2, 0.25) is 0 Å². The molecule has 1 rings (SSSR count). The number of carbonyl (C=O) groups excluding carboxylic acids is 2. The first-order valence-corrected chi connectivity index (χ1v) is 7.66. The van der Waals surface area contributed by atoms with Crippen molar-refractivity contribution in [1.82, 2.24) is 10.2 Å². The number of nitrogens with one attached hydrogen (secondary N) is 1. The minimum absolute atomic E-state index is 0.0529. The van der Waals surface area contributed by atoms with E-state index in [4.69, 9.17) is 5.11 Å². The Morgan fingerprint density at radius 1 is 1.09 bits per heavy atom. The van der Waals surface area contributed by atoms with E-state index in [0.29, 0.717) is 19.3 Å². The lowest BCUT2D eigenvalue weighted by Gasteiger charge is -2.22. The molecule has 1 atom stereocenters. The van der Waals surface area contributed by atoms with Gasteiger partial charge in [0.1, 0.15) is 6.04 Å². The molecule has 0 heterocycles. The van der Waals surface area contributed by atoms with Gasteiger partial charge in [0.25, 0.3) is 0 Å². The molecule has 0 aliphatic heterocycles. The van der Waals surface area contributed by atoms with Crippen molar-refractivity contribution in [3.05, 3.63) is 35.9 Å². The summed E-state index contributed by atoms with van der Waals surface area (Å²) in [6, 6.07) is 8.89. The van der Waals surface area contributed by atoms with Gasteiger partial charge >= 0.3 is 5.97 Å². The van der Waals surface area contributed by atoms with Crippen LogP contribution in [-0.2, 0) is 20.8 Å². The van der Waals surface area contributed by atoms with Crippen LogP contribution in [0.15, 0.2) is 30.3 Å². The van der Waals surface area contributed by atoms with E-state index in [1.165, 1.54) is 4.90 Å². The smallest absolute Gasteiger partial charge is 0.303 e. The predicted molar refractivity (Wildman–Crippen MR) is 86.9 cm³/mol. The maximum absolute atomic E-state index is 12.2. The summed E-state index contributed by atoms with van der Waals surface area (Å²) in [4.78, 5) is 36.1. The fourth-order valence-electron chi connectivity index (χ4n) is 2.19. The third-order valence-electron chi connectivity index (χ3n) is 3.40. The lowest BCUT2D eigenvalue weighted by Crippen LogP contribution is -2.47. The molecule has 1 unspecified atom stereocenters. The topological polar surface area (TPSA) is 86.7 Å². The first-order valence-electron chi connectivity index (χ1n) is 7.66. The van der Waals surface area contributed by atoms with Crippen molar-refractivity contribution in [2.75, 3.05) is 14.1 Å². The van der Waals surface area contributed by atoms with Gasteiger partial charge in [0.2, 0.25) is 11.8 Å². The molecule has 0 saturated carbocycles. The van der Waals surface area contributed by atoms with E-state index < -0.39 is 12.0 Å². The van der Waals surface area contributed by atoms with Crippen LogP contribution in [0.1, 0.15) is 31.2 Å². The van der Waals surface area contributed by atoms with Gasteiger partial charge in [0, 0.05) is 33.4 Å². The van der Waals surface area contributed by atoms with Crippen LogP contribution < -0.4 is 5.32 Å². The predicted octanol–water partition coefficient (Wildman–Crippen LogP) is 1.45. The zero-order valence-corrected chi connectivity index (χ0v) is 13.6. The lowest BCUT2D eigenvalue weighted by atomic mass is 10.0. The molecule has 0 bridgehead atoms. The summed E-state index contributed by atoms with van der Waals surface area (Å²) in [7, 11) is 3.30. The Balaban J connectivity index is 2.57. The second-order valence-electron chi connectivity index (χ2n) is 5.64. The summed E-state index contributed by atoms with van der Waals surface area (Å²) in [6.45, 7) is 0. The second kappa shape index (κ2) is 9.61. The molecule has 1 aromatic carbocycles. The molecule has 0 aliphatic carbocycles. The maximum atomic E-state index is 12.2. The van der Waals surface area contributed by atoms with Gasteiger partial charge in [-0.1, -0.05) is 30.3 Å². The Morgan fingerprint density at radius 3 is 2.26 bits per heavy atom. The quantitative estimate of drug-likeness (QED) is 0.674. The number of amides is 2. The fourth-order valence-corrected chi connectivity index (χ4v) is 2.19. The van der Waals surface area contributed by atoms with Crippen molar-refractivity contribution in [3.8, 4) is 0 Å². The molecular formula is C17H24N2O4. The van der Waals surface area contributed by atoms with E-state index in [0.717, 1.165) is 5.56 Å². The first kappa shape index (κ1) is 18.7. The maximum Gasteiger partial charge on any atom is 0.303 e. The van der Waals surface area contributed by atoms with Crippen molar-refractivity contribution in [3.63, 3.8) is 0 Å². The van der Waals surface area contributed by atoms with Crippen LogP contribution in [0, 0.1) is 0 Å². The zero-order chi connectivity index (χ0) is 17.2. The highest BCUT2D eigenvalue weighted by molar-refractivity contribution is 5.87. The summed E-state index contributed by atoms with van der Waals surface area (Å²) in [6.07, 6.45) is 1.65. The summed E-state index contributed by atoms with van der Waals surface area (Å²) >= 11 is 0. The van der Waals surface area contributed by atoms with Crippen molar-refractivity contribution < 1.29 is 19.5 Å². The molecule has 6 nitrogen and oxygen atoms in total. The van der Waals surface area contributed by atoms with Crippen LogP contribution >= 0.6 is 0 Å². The molecular weight excluding hydrogens is 296 g/mol. The molecule has 0 spiro atoms. The highest BCUT2D eigenvalue weighted by Crippen LogP contribution is 2.06. The zero-order valence-electron chi connectivity index (χ0n) is 13.6. The Morgan fingerprint density at radius 2 is 1.70 bits per heavy atom. The number of hydrogen-bond donors (Lipinski definition) is 2. The molecule has 0 aromatic heterocycles. The van der Waals surface area contributed by atoms with Crippen molar-refractivity contribution in [2.24, 2.45) is 0 Å². The van der Waals surface area contributed by atoms with Crippen molar-refractivity contribution in [1.29, 1.82) is 0 Å². The molecule has 23 heavy (non-hydrogen) atoms. The molecule has 1 aromatic rings. The van der Waals surface area contributed by atoms with Crippen molar-refractivity contribution in [2.45, 2.75) is 38.1 Å². The molecule has 0 saturated heterocycles. The largest absolute Gasteiger partial charge is 0.481 e. The van der Waals surface area contributed by atoms with E-state index >= 15 is 0 Å². The molecule has 126 valence electrons. The number of carbonyl (C=O) groups is 3. The molecule has 0 radical (unpaired) electrons. The highest BCUT2D eigenvalue weighted by atomic mass is 16.4. The van der Waals surface area contributed by atoms with E-state index in [9.17, 15) is 14.4 Å². The van der Waals surface area contributed by atoms with Crippen LogP contribution in [0.3, 0.4) is 0 Å². The van der Waals surface area contributed by atoms with Gasteiger partial charge in [-0.05, 0) is 18.4 Å². The third-order valence-corrected chi connectivity index (χ3v) is 3.40. The number of rotatable bonds is 9. The van der Waals surface area contributed by atoms with Crippen LogP contribution in [0.4, 0.5) is 0 Å². The highest BCUT2D eigenvalue weighted by Gasteiger charge is 2.22. The summed E-state index contributed by atoms with van der Waals surface area (Å²) in [5.74, 6) is -1.26. The Bertz CT molecular complexity index is 529. The number of aliphatic carboxylic acids is 1. The van der Waals surface area contributed by atoms with Crippen LogP contribution in [0.5, 0.6) is 0 Å². The Hall–Kier alpha value is -2.37. The summed E-state index contributed by atoms with van der Waals surface area (Å²) < 4.78 is 0. The fraction of sp³-hybridized carbons (Fsp3) is 0.471. The van der Waals surface area contributed by atoms with Gasteiger partial charge in [-0.15, -0.1) is 0 Å². The van der Waals surface area contributed by atoms with E-state index in [2.05, 4.69) is 5.32 Å². The van der Waals surface area contributed by atoms with Crippen LogP contribution in [-0.4, -0.2) is 47.9 Å². The average molecular weight is 320 g/mol. The van der Waals surface area contributed by atoms with Gasteiger partial charge < -0.3 is 15.3 Å². The van der Waals surface area contributed by atoms with Gasteiger partial charge in [0.05, 0.1) is 0 Å². The number of nitrogens with zero attached hydrogens (tertiary/aromatic N) is 1. The number of likely N-dealkylation sites (N-methyl/N-ethyl adjacent to an activating group) is 1. The second-order valence-corrected chi connectivity index (χ2v) is 5.64. The van der Waals surface area contributed by atoms with Gasteiger partial charge in [-0.25, -0.2) is 0 Å². The van der Waals surface area contributed by atoms with Gasteiger partial charge in [-0.3, -0.25) is 14.4 Å². The third kappa shape index (κ3) is 7.44. The summed E-state index contributed by atoms with van der Waals surface area (Å²) in [5, 5.41) is 11.3. The normalized spacial score (nSPS) is 11.6. The Kier molecular flexibility index (Phi) is 7.80. The van der Waals surface area contributed by atoms with Gasteiger partial charge in [-0.2, -0.15) is 0 Å². The SMILES string of the molecule is CN(C)C(=O)C(Cc1ccccc1)NC(=O)CCCCC(=O)O. The monoisotopic (exact) mass is 320 g/mol. The van der Waals surface area contributed by atoms with Crippen LogP contribution in [0.25, 0.3) is 0 Å². The molecule has 2 N–H and O–H groups in total. The number of unbranched alkanes of at least 4 members (excludes halogenated alkanes) is 1.